The Labute approximate surface area is 229 Å². The minimum Gasteiger partial charge on any atom is -0.503 e. The molecule has 0 atom stereocenters. The number of carbonyl (C=O) groups excluding carboxylic acids is 2. The molecule has 1 aliphatic heterocycles. The number of nitrogens with zero attached hydrogens (tertiary/aromatic N) is 4. The van der Waals surface area contributed by atoms with Crippen LogP contribution in [0.15, 0.2) is 45.8 Å². The van der Waals surface area contributed by atoms with Gasteiger partial charge in [0, 0.05) is 23.2 Å². The molecule has 0 saturated heterocycles. The minimum atomic E-state index is -0.513. The highest BCUT2D eigenvalue weighted by Gasteiger charge is 2.39. The van der Waals surface area contributed by atoms with Gasteiger partial charge in [-0.15, -0.1) is 0 Å². The van der Waals surface area contributed by atoms with Crippen LogP contribution in [0.1, 0.15) is 88.3 Å². The third-order valence-electron chi connectivity index (χ3n) is 8.16. The fraction of sp³-hybridized carbons (Fsp3) is 0.452. The fourth-order valence-corrected chi connectivity index (χ4v) is 5.97. The van der Waals surface area contributed by atoms with Gasteiger partial charge in [-0.25, -0.2) is 4.85 Å². The molecule has 2 heterocycles. The van der Waals surface area contributed by atoms with Crippen LogP contribution in [-0.4, -0.2) is 32.4 Å². The summed E-state index contributed by atoms with van der Waals surface area (Å²) in [5.74, 6) is -1.16. The predicted octanol–water partition coefficient (Wildman–Crippen LogP) is 5.96. The number of rotatable bonds is 5. The Morgan fingerprint density at radius 3 is 2.13 bits per heavy atom. The summed E-state index contributed by atoms with van der Waals surface area (Å²) in [6.45, 7) is 10.8. The van der Waals surface area contributed by atoms with Crippen molar-refractivity contribution in [2.45, 2.75) is 90.1 Å². The second-order valence-corrected chi connectivity index (χ2v) is 10.5. The summed E-state index contributed by atoms with van der Waals surface area (Å²) >= 11 is 0. The Bertz CT molecular complexity index is 1430. The summed E-state index contributed by atoms with van der Waals surface area (Å²) in [5, 5.41) is 20.3. The van der Waals surface area contributed by atoms with Crippen LogP contribution in [-0.2, 0) is 9.59 Å². The topological polar surface area (TPSA) is 108 Å². The number of nitriles is 1. The Morgan fingerprint density at radius 1 is 0.923 bits per heavy atom. The molecule has 2 aliphatic carbocycles. The van der Waals surface area contributed by atoms with Gasteiger partial charge in [-0.3, -0.25) is 23.9 Å². The van der Waals surface area contributed by atoms with E-state index in [9.17, 15) is 24.8 Å². The van der Waals surface area contributed by atoms with E-state index in [1.54, 1.807) is 44.2 Å². The summed E-state index contributed by atoms with van der Waals surface area (Å²) in [7, 11) is 0. The molecule has 0 aromatic carbocycles. The number of hydrogen-bond donors (Lipinski definition) is 1. The van der Waals surface area contributed by atoms with Gasteiger partial charge in [0.15, 0.2) is 5.88 Å². The molecular weight excluding hydrogens is 492 g/mol. The lowest BCUT2D eigenvalue weighted by atomic mass is 9.89. The number of amides is 2. The highest BCUT2D eigenvalue weighted by Crippen LogP contribution is 2.37. The van der Waals surface area contributed by atoms with Crippen molar-refractivity contribution in [2.75, 3.05) is 0 Å². The average Bonchev–Trinajstić information content (AvgIpc) is 2.93. The Morgan fingerprint density at radius 2 is 1.54 bits per heavy atom. The van der Waals surface area contributed by atoms with Crippen molar-refractivity contribution in [2.24, 2.45) is 0 Å². The Balaban J connectivity index is 1.64. The normalized spacial score (nSPS) is 20.8. The van der Waals surface area contributed by atoms with E-state index in [1.165, 1.54) is 9.47 Å². The van der Waals surface area contributed by atoms with Gasteiger partial charge in [-0.2, -0.15) is 5.26 Å². The number of aromatic nitrogens is 1. The molecule has 202 valence electrons. The van der Waals surface area contributed by atoms with Crippen molar-refractivity contribution in [1.82, 2.24) is 9.47 Å². The molecule has 8 heteroatoms. The van der Waals surface area contributed by atoms with Gasteiger partial charge in [-0.1, -0.05) is 62.8 Å². The van der Waals surface area contributed by atoms with E-state index in [1.807, 2.05) is 6.07 Å². The minimum absolute atomic E-state index is 0.00924. The molecule has 0 unspecified atom stereocenters. The molecule has 0 radical (unpaired) electrons. The quantitative estimate of drug-likeness (QED) is 0.221. The zero-order chi connectivity index (χ0) is 28.1. The molecule has 8 nitrogen and oxygen atoms in total. The van der Waals surface area contributed by atoms with E-state index >= 15 is 0 Å². The number of aromatic hydroxyl groups is 1. The Hall–Kier alpha value is -4.17. The third kappa shape index (κ3) is 5.38. The van der Waals surface area contributed by atoms with E-state index in [4.69, 9.17) is 6.57 Å². The zero-order valence-electron chi connectivity index (χ0n) is 22.6. The zero-order valence-corrected chi connectivity index (χ0v) is 22.6. The lowest BCUT2D eigenvalue weighted by molar-refractivity contribution is -0.144. The van der Waals surface area contributed by atoms with Gasteiger partial charge in [-0.05, 0) is 56.7 Å². The second kappa shape index (κ2) is 12.1. The van der Waals surface area contributed by atoms with Crippen molar-refractivity contribution in [3.05, 3.63) is 73.9 Å². The third-order valence-corrected chi connectivity index (χ3v) is 8.16. The first kappa shape index (κ1) is 27.9. The second-order valence-electron chi connectivity index (χ2n) is 10.5. The first-order valence-corrected chi connectivity index (χ1v) is 13.7. The van der Waals surface area contributed by atoms with Crippen molar-refractivity contribution < 1.29 is 14.7 Å². The maximum atomic E-state index is 13.4. The summed E-state index contributed by atoms with van der Waals surface area (Å²) in [5.41, 5.74) is 1.17. The van der Waals surface area contributed by atoms with Crippen LogP contribution in [0.5, 0.6) is 5.88 Å². The molecule has 1 N–H and O–H groups in total. The molecule has 2 saturated carbocycles. The summed E-state index contributed by atoms with van der Waals surface area (Å²) in [6, 6.07) is 1.66. The lowest BCUT2D eigenvalue weighted by Crippen LogP contribution is -2.49. The van der Waals surface area contributed by atoms with Crippen molar-refractivity contribution in [3.8, 4) is 11.9 Å². The van der Waals surface area contributed by atoms with Crippen molar-refractivity contribution in [3.63, 3.8) is 0 Å². The molecule has 0 spiro atoms. The smallest absolute Gasteiger partial charge is 0.271 e. The van der Waals surface area contributed by atoms with Crippen molar-refractivity contribution in [1.29, 1.82) is 5.26 Å². The van der Waals surface area contributed by atoms with E-state index in [0.29, 0.717) is 22.3 Å². The Kier molecular flexibility index (Phi) is 8.66. The SMILES string of the molecule is [C-]#[N+]c1c(C)c(C=CC=C/C=C2\C(=O)N(C3CCCCC3)C(=O)C(C#N)=C2C)c(=O)n(C2CCCCC2)c1O. The lowest BCUT2D eigenvalue weighted by Gasteiger charge is -2.36. The van der Waals surface area contributed by atoms with Crippen LogP contribution in [0, 0.1) is 24.8 Å². The highest BCUT2D eigenvalue weighted by atomic mass is 16.3. The highest BCUT2D eigenvalue weighted by molar-refractivity contribution is 6.18. The van der Waals surface area contributed by atoms with E-state index in [-0.39, 0.29) is 40.7 Å². The number of allylic oxidation sites excluding steroid dienone is 4. The van der Waals surface area contributed by atoms with Crippen molar-refractivity contribution >= 4 is 23.6 Å². The van der Waals surface area contributed by atoms with Crippen LogP contribution < -0.4 is 5.56 Å². The van der Waals surface area contributed by atoms with Gasteiger partial charge < -0.3 is 5.11 Å². The monoisotopic (exact) mass is 526 g/mol. The molecule has 4 rings (SSSR count). The predicted molar refractivity (Wildman–Crippen MR) is 149 cm³/mol. The van der Waals surface area contributed by atoms with Gasteiger partial charge in [0.05, 0.1) is 6.57 Å². The average molecular weight is 527 g/mol. The summed E-state index contributed by atoms with van der Waals surface area (Å²) in [6.07, 6.45) is 17.3. The standard InChI is InChI=1S/C31H34N4O4/c1-20-24(28(36)34(30(38)26(20)19-32)22-13-7-4-8-14-22)17-11-6-12-18-25-21(2)27(33-3)31(39)35(29(25)37)23-15-9-5-10-16-23/h6,11-12,17-18,22-23,39H,4-5,7-10,13-16H2,1-2H3/b11-6?,18-12?,24-17-. The van der Waals surface area contributed by atoms with Crippen LogP contribution in [0.3, 0.4) is 0 Å². The van der Waals surface area contributed by atoms with Gasteiger partial charge in [0.25, 0.3) is 17.4 Å². The van der Waals surface area contributed by atoms with Gasteiger partial charge in [0.2, 0.25) is 5.69 Å². The molecule has 3 aliphatic rings. The molecule has 1 aromatic heterocycles. The van der Waals surface area contributed by atoms with Gasteiger partial charge >= 0.3 is 0 Å². The molecular formula is C31H34N4O4. The van der Waals surface area contributed by atoms with E-state index in [2.05, 4.69) is 4.85 Å². The van der Waals surface area contributed by atoms with Crippen LogP contribution in [0.2, 0.25) is 0 Å². The number of hydrogen-bond acceptors (Lipinski definition) is 5. The molecule has 1 aromatic rings. The van der Waals surface area contributed by atoms with Crippen LogP contribution in [0.4, 0.5) is 5.69 Å². The maximum Gasteiger partial charge on any atom is 0.271 e. The molecule has 2 amide bonds. The summed E-state index contributed by atoms with van der Waals surface area (Å²) in [4.78, 5) is 44.4. The fourth-order valence-electron chi connectivity index (χ4n) is 5.97. The van der Waals surface area contributed by atoms with Crippen LogP contribution >= 0.6 is 0 Å². The first-order chi connectivity index (χ1) is 18.8. The largest absolute Gasteiger partial charge is 0.503 e. The molecule has 0 bridgehead atoms. The number of imide groups is 1. The van der Waals surface area contributed by atoms with E-state index < -0.39 is 5.91 Å². The molecule has 2 fully saturated rings. The van der Waals surface area contributed by atoms with E-state index in [0.717, 1.165) is 64.2 Å². The maximum absolute atomic E-state index is 13.4. The first-order valence-electron chi connectivity index (χ1n) is 13.7. The summed E-state index contributed by atoms with van der Waals surface area (Å²) < 4.78 is 1.38. The number of carbonyl (C=O) groups is 2. The molecule has 39 heavy (non-hydrogen) atoms. The number of pyridine rings is 1. The van der Waals surface area contributed by atoms with Gasteiger partial charge in [0.1, 0.15) is 11.6 Å². The van der Waals surface area contributed by atoms with Crippen LogP contribution in [0.25, 0.3) is 10.9 Å².